The molecule has 0 aromatic heterocycles. The Morgan fingerprint density at radius 1 is 1.43 bits per heavy atom. The van der Waals surface area contributed by atoms with Gasteiger partial charge in [-0.15, -0.1) is 0 Å². The van der Waals surface area contributed by atoms with E-state index in [2.05, 4.69) is 6.92 Å². The minimum Gasteiger partial charge on any atom is -0.463 e. The molecule has 1 fully saturated rings. The fourth-order valence-corrected chi connectivity index (χ4v) is 2.34. The fourth-order valence-electron chi connectivity index (χ4n) is 2.34. The first-order valence-electron chi connectivity index (χ1n) is 5.89. The Labute approximate surface area is 87.0 Å². The van der Waals surface area contributed by atoms with Gasteiger partial charge in [-0.3, -0.25) is 4.79 Å². The van der Waals surface area contributed by atoms with Gasteiger partial charge in [0.05, 0.1) is 0 Å². The van der Waals surface area contributed by atoms with E-state index in [1.165, 1.54) is 39.0 Å². The van der Waals surface area contributed by atoms with Crippen LogP contribution in [0.1, 0.15) is 58.8 Å². The molecule has 0 amide bonds. The molecule has 0 N–H and O–H groups in total. The van der Waals surface area contributed by atoms with E-state index in [0.717, 1.165) is 18.8 Å². The highest BCUT2D eigenvalue weighted by atomic mass is 16.5. The molecule has 2 nitrogen and oxygen atoms in total. The minimum absolute atomic E-state index is 0.119. The van der Waals surface area contributed by atoms with Crippen LogP contribution in [-0.4, -0.2) is 12.1 Å². The number of carbonyl (C=O) groups excluding carboxylic acids is 1. The molecular formula is C12H22O2. The maximum atomic E-state index is 10.8. The van der Waals surface area contributed by atoms with Crippen molar-refractivity contribution in [3.05, 3.63) is 0 Å². The Hall–Kier alpha value is -0.530. The first-order chi connectivity index (χ1) is 6.72. The van der Waals surface area contributed by atoms with Crippen molar-refractivity contribution in [2.24, 2.45) is 5.92 Å². The van der Waals surface area contributed by atoms with E-state index < -0.39 is 0 Å². The average Bonchev–Trinajstić information content (AvgIpc) is 2.14. The molecule has 0 aromatic carbocycles. The van der Waals surface area contributed by atoms with E-state index in [4.69, 9.17) is 4.74 Å². The van der Waals surface area contributed by atoms with Crippen molar-refractivity contribution in [2.75, 3.05) is 0 Å². The molecule has 2 heteroatoms. The quantitative estimate of drug-likeness (QED) is 0.648. The van der Waals surface area contributed by atoms with Crippen LogP contribution in [0.15, 0.2) is 0 Å². The highest BCUT2D eigenvalue weighted by Gasteiger charge is 2.23. The van der Waals surface area contributed by atoms with Gasteiger partial charge in [0.1, 0.15) is 6.10 Å². The molecule has 1 aliphatic carbocycles. The molecule has 0 bridgehead atoms. The Morgan fingerprint density at radius 3 is 2.86 bits per heavy atom. The van der Waals surface area contributed by atoms with Gasteiger partial charge in [0.2, 0.25) is 0 Å². The molecule has 0 radical (unpaired) electrons. The third kappa shape index (κ3) is 4.12. The van der Waals surface area contributed by atoms with Crippen LogP contribution in [0.4, 0.5) is 0 Å². The third-order valence-electron chi connectivity index (χ3n) is 3.03. The number of hydrogen-bond donors (Lipinski definition) is 0. The molecule has 2 unspecified atom stereocenters. The summed E-state index contributed by atoms with van der Waals surface area (Å²) < 4.78 is 5.26. The number of ether oxygens (including phenoxy) is 1. The van der Waals surface area contributed by atoms with Crippen molar-refractivity contribution < 1.29 is 9.53 Å². The SMILES string of the molecule is CCCCC1CCCC(OC(C)=O)C1. The molecule has 0 aromatic rings. The Morgan fingerprint density at radius 2 is 2.21 bits per heavy atom. The summed E-state index contributed by atoms with van der Waals surface area (Å²) in [5.74, 6) is 0.680. The van der Waals surface area contributed by atoms with Gasteiger partial charge in [-0.05, 0) is 25.2 Å². The summed E-state index contributed by atoms with van der Waals surface area (Å²) in [7, 11) is 0. The lowest BCUT2D eigenvalue weighted by Crippen LogP contribution is -2.24. The van der Waals surface area contributed by atoms with Crippen LogP contribution in [0.25, 0.3) is 0 Å². The summed E-state index contributed by atoms with van der Waals surface area (Å²) in [6, 6.07) is 0. The van der Waals surface area contributed by atoms with Crippen LogP contribution in [-0.2, 0) is 9.53 Å². The normalized spacial score (nSPS) is 27.3. The van der Waals surface area contributed by atoms with Gasteiger partial charge in [0, 0.05) is 6.92 Å². The van der Waals surface area contributed by atoms with Crippen molar-refractivity contribution in [2.45, 2.75) is 64.9 Å². The predicted octanol–water partition coefficient (Wildman–Crippen LogP) is 3.30. The van der Waals surface area contributed by atoms with E-state index in [1.807, 2.05) is 0 Å². The number of unbranched alkanes of at least 4 members (excludes halogenated alkanes) is 1. The zero-order valence-electron chi connectivity index (χ0n) is 9.42. The zero-order valence-corrected chi connectivity index (χ0v) is 9.42. The maximum Gasteiger partial charge on any atom is 0.302 e. The number of rotatable bonds is 4. The second-order valence-electron chi connectivity index (χ2n) is 4.41. The van der Waals surface area contributed by atoms with E-state index in [1.54, 1.807) is 0 Å². The van der Waals surface area contributed by atoms with Crippen LogP contribution in [0, 0.1) is 5.92 Å². The lowest BCUT2D eigenvalue weighted by molar-refractivity contribution is -0.148. The van der Waals surface area contributed by atoms with Gasteiger partial charge in [0.25, 0.3) is 0 Å². The summed E-state index contributed by atoms with van der Waals surface area (Å²) in [6.45, 7) is 3.74. The van der Waals surface area contributed by atoms with Gasteiger partial charge in [-0.25, -0.2) is 0 Å². The smallest absolute Gasteiger partial charge is 0.302 e. The van der Waals surface area contributed by atoms with Crippen LogP contribution < -0.4 is 0 Å². The summed E-state index contributed by atoms with van der Waals surface area (Å²) in [4.78, 5) is 10.8. The lowest BCUT2D eigenvalue weighted by atomic mass is 9.84. The Balaban J connectivity index is 2.24. The van der Waals surface area contributed by atoms with Crippen LogP contribution in [0.5, 0.6) is 0 Å². The van der Waals surface area contributed by atoms with Gasteiger partial charge in [0.15, 0.2) is 0 Å². The highest BCUT2D eigenvalue weighted by Crippen LogP contribution is 2.29. The maximum absolute atomic E-state index is 10.8. The Bertz CT molecular complexity index is 177. The van der Waals surface area contributed by atoms with Crippen molar-refractivity contribution in [1.82, 2.24) is 0 Å². The first kappa shape index (κ1) is 11.5. The van der Waals surface area contributed by atoms with Crippen molar-refractivity contribution in [1.29, 1.82) is 0 Å². The number of esters is 1. The molecule has 1 aliphatic rings. The first-order valence-corrected chi connectivity index (χ1v) is 5.89. The summed E-state index contributed by atoms with van der Waals surface area (Å²) >= 11 is 0. The second-order valence-corrected chi connectivity index (χ2v) is 4.41. The number of hydrogen-bond acceptors (Lipinski definition) is 2. The van der Waals surface area contributed by atoms with Crippen LogP contribution >= 0.6 is 0 Å². The lowest BCUT2D eigenvalue weighted by Gasteiger charge is -2.28. The zero-order chi connectivity index (χ0) is 10.4. The standard InChI is InChI=1S/C12H22O2/c1-3-4-6-11-7-5-8-12(9-11)14-10(2)13/h11-12H,3-9H2,1-2H3. The fraction of sp³-hybridized carbons (Fsp3) is 0.917. The van der Waals surface area contributed by atoms with E-state index in [0.29, 0.717) is 0 Å². The Kier molecular flexibility index (Phi) is 4.99. The highest BCUT2D eigenvalue weighted by molar-refractivity contribution is 5.66. The molecule has 1 rings (SSSR count). The minimum atomic E-state index is -0.119. The van der Waals surface area contributed by atoms with Crippen molar-refractivity contribution in [3.8, 4) is 0 Å². The third-order valence-corrected chi connectivity index (χ3v) is 3.03. The van der Waals surface area contributed by atoms with E-state index in [-0.39, 0.29) is 12.1 Å². The molecule has 14 heavy (non-hydrogen) atoms. The van der Waals surface area contributed by atoms with Gasteiger partial charge < -0.3 is 4.74 Å². The molecule has 0 heterocycles. The summed E-state index contributed by atoms with van der Waals surface area (Å²) in [6.07, 6.45) is 8.84. The molecule has 1 saturated carbocycles. The second kappa shape index (κ2) is 6.05. The van der Waals surface area contributed by atoms with E-state index >= 15 is 0 Å². The molecule has 2 atom stereocenters. The monoisotopic (exact) mass is 198 g/mol. The average molecular weight is 198 g/mol. The molecule has 0 aliphatic heterocycles. The van der Waals surface area contributed by atoms with Crippen LogP contribution in [0.2, 0.25) is 0 Å². The molecule has 82 valence electrons. The molecule has 0 saturated heterocycles. The van der Waals surface area contributed by atoms with Crippen molar-refractivity contribution >= 4 is 5.97 Å². The van der Waals surface area contributed by atoms with Crippen molar-refractivity contribution in [3.63, 3.8) is 0 Å². The molecular weight excluding hydrogens is 176 g/mol. The van der Waals surface area contributed by atoms with Gasteiger partial charge in [-0.2, -0.15) is 0 Å². The van der Waals surface area contributed by atoms with Crippen LogP contribution in [0.3, 0.4) is 0 Å². The van der Waals surface area contributed by atoms with Gasteiger partial charge in [-0.1, -0.05) is 32.6 Å². The number of carbonyl (C=O) groups is 1. The summed E-state index contributed by atoms with van der Waals surface area (Å²) in [5, 5.41) is 0. The van der Waals surface area contributed by atoms with E-state index in [9.17, 15) is 4.79 Å². The predicted molar refractivity (Wildman–Crippen MR) is 57.0 cm³/mol. The van der Waals surface area contributed by atoms with Gasteiger partial charge >= 0.3 is 5.97 Å². The topological polar surface area (TPSA) is 26.3 Å². The summed E-state index contributed by atoms with van der Waals surface area (Å²) in [5.41, 5.74) is 0. The molecule has 0 spiro atoms. The largest absolute Gasteiger partial charge is 0.463 e.